The molecule has 0 unspecified atom stereocenters. The van der Waals surface area contributed by atoms with Crippen LogP contribution in [0.4, 0.5) is 4.79 Å². The minimum atomic E-state index is -0.652. The van der Waals surface area contributed by atoms with Gasteiger partial charge in [-0.3, -0.25) is 10.7 Å². The highest BCUT2D eigenvalue weighted by Gasteiger charge is 2.09. The molecule has 5 nitrogen and oxygen atoms in total. The van der Waals surface area contributed by atoms with E-state index in [1.165, 1.54) is 0 Å². The molecule has 22 heavy (non-hydrogen) atoms. The van der Waals surface area contributed by atoms with E-state index in [2.05, 4.69) is 5.32 Å². The molecule has 1 aromatic heterocycles. The minimum absolute atomic E-state index is 0.0128. The summed E-state index contributed by atoms with van der Waals surface area (Å²) in [6.07, 6.45) is 2.57. The fraction of sp³-hybridized carbons (Fsp3) is 0.0588. The summed E-state index contributed by atoms with van der Waals surface area (Å²) in [6.45, 7) is 0.167. The first-order valence-electron chi connectivity index (χ1n) is 6.75. The predicted octanol–water partition coefficient (Wildman–Crippen LogP) is 3.68. The molecule has 0 aliphatic heterocycles. The van der Waals surface area contributed by atoms with Crippen molar-refractivity contribution in [2.75, 3.05) is 0 Å². The molecule has 0 saturated heterocycles. The normalized spacial score (nSPS) is 10.4. The number of alkyl carbamates (subject to hydrolysis) is 1. The van der Waals surface area contributed by atoms with E-state index in [1.54, 1.807) is 24.7 Å². The molecule has 0 aliphatic carbocycles. The number of nitrogens with one attached hydrogen (secondary N) is 2. The van der Waals surface area contributed by atoms with E-state index < -0.39 is 6.09 Å². The van der Waals surface area contributed by atoms with Gasteiger partial charge >= 0.3 is 6.09 Å². The van der Waals surface area contributed by atoms with Gasteiger partial charge in [-0.05, 0) is 11.6 Å². The van der Waals surface area contributed by atoms with Gasteiger partial charge in [0.15, 0.2) is 0 Å². The van der Waals surface area contributed by atoms with Gasteiger partial charge in [-0.2, -0.15) is 0 Å². The van der Waals surface area contributed by atoms with Gasteiger partial charge in [0.2, 0.25) is 0 Å². The molecule has 2 N–H and O–H groups in total. The SMILES string of the molecule is N=C(NC(=O)OCc1ccccc1)c1ccc2cocc2c1. The Balaban J connectivity index is 1.59. The molecule has 3 aromatic rings. The second kappa shape index (κ2) is 6.13. The molecule has 1 heterocycles. The van der Waals surface area contributed by atoms with E-state index in [4.69, 9.17) is 14.6 Å². The number of hydrogen-bond donors (Lipinski definition) is 2. The highest BCUT2D eigenvalue weighted by atomic mass is 16.5. The van der Waals surface area contributed by atoms with Crippen LogP contribution in [0.2, 0.25) is 0 Å². The Kier molecular flexibility index (Phi) is 3.87. The van der Waals surface area contributed by atoms with E-state index in [0.29, 0.717) is 5.56 Å². The Morgan fingerprint density at radius 2 is 1.86 bits per heavy atom. The van der Waals surface area contributed by atoms with Crippen LogP contribution in [0.15, 0.2) is 65.5 Å². The molecule has 0 fully saturated rings. The third-order valence-corrected chi connectivity index (χ3v) is 3.21. The average Bonchev–Trinajstić information content (AvgIpc) is 3.01. The summed E-state index contributed by atoms with van der Waals surface area (Å²) in [4.78, 5) is 11.7. The average molecular weight is 294 g/mol. The Labute approximate surface area is 127 Å². The third-order valence-electron chi connectivity index (χ3n) is 3.21. The van der Waals surface area contributed by atoms with Crippen molar-refractivity contribution in [2.45, 2.75) is 6.61 Å². The first-order valence-corrected chi connectivity index (χ1v) is 6.75. The van der Waals surface area contributed by atoms with E-state index >= 15 is 0 Å². The van der Waals surface area contributed by atoms with Crippen molar-refractivity contribution in [1.82, 2.24) is 5.32 Å². The molecular weight excluding hydrogens is 280 g/mol. The van der Waals surface area contributed by atoms with Gasteiger partial charge in [-0.25, -0.2) is 4.79 Å². The zero-order valence-electron chi connectivity index (χ0n) is 11.7. The van der Waals surface area contributed by atoms with E-state index in [1.807, 2.05) is 36.4 Å². The maximum Gasteiger partial charge on any atom is 0.413 e. The Bertz CT molecular complexity index is 809. The predicted molar refractivity (Wildman–Crippen MR) is 82.8 cm³/mol. The standard InChI is InChI=1S/C17H14N2O3/c18-16(13-6-7-14-10-21-11-15(14)8-13)19-17(20)22-9-12-4-2-1-3-5-12/h1-8,10-11H,9H2,(H2,18,19,20). The monoisotopic (exact) mass is 294 g/mol. The van der Waals surface area contributed by atoms with Crippen molar-refractivity contribution in [2.24, 2.45) is 0 Å². The zero-order chi connectivity index (χ0) is 15.4. The number of fused-ring (bicyclic) bond motifs is 1. The summed E-state index contributed by atoms with van der Waals surface area (Å²) in [5.74, 6) is -0.0128. The molecular formula is C17H14N2O3. The minimum Gasteiger partial charge on any atom is -0.471 e. The lowest BCUT2D eigenvalue weighted by Crippen LogP contribution is -2.30. The van der Waals surface area contributed by atoms with Crippen molar-refractivity contribution >= 4 is 22.7 Å². The Morgan fingerprint density at radius 1 is 1.09 bits per heavy atom. The molecule has 110 valence electrons. The lowest BCUT2D eigenvalue weighted by atomic mass is 10.1. The molecule has 2 aromatic carbocycles. The second-order valence-electron chi connectivity index (χ2n) is 4.78. The van der Waals surface area contributed by atoms with Gasteiger partial charge < -0.3 is 9.15 Å². The third kappa shape index (κ3) is 3.15. The van der Waals surface area contributed by atoms with Gasteiger partial charge in [0.1, 0.15) is 12.4 Å². The summed E-state index contributed by atoms with van der Waals surface area (Å²) < 4.78 is 10.2. The van der Waals surface area contributed by atoms with Gasteiger partial charge in [-0.15, -0.1) is 0 Å². The van der Waals surface area contributed by atoms with Gasteiger partial charge in [-0.1, -0.05) is 42.5 Å². The molecule has 0 spiro atoms. The number of rotatable bonds is 3. The molecule has 0 atom stereocenters. The topological polar surface area (TPSA) is 75.3 Å². The van der Waals surface area contributed by atoms with Crippen LogP contribution in [0.1, 0.15) is 11.1 Å². The number of amidine groups is 1. The first-order chi connectivity index (χ1) is 10.7. The van der Waals surface area contributed by atoms with Crippen molar-refractivity contribution < 1.29 is 13.9 Å². The molecule has 0 radical (unpaired) electrons. The number of ether oxygens (including phenoxy) is 1. The van der Waals surface area contributed by atoms with Crippen molar-refractivity contribution in [3.63, 3.8) is 0 Å². The fourth-order valence-corrected chi connectivity index (χ4v) is 2.05. The van der Waals surface area contributed by atoms with Crippen LogP contribution in [-0.2, 0) is 11.3 Å². The summed E-state index contributed by atoms with van der Waals surface area (Å²) in [5.41, 5.74) is 1.48. The summed E-state index contributed by atoms with van der Waals surface area (Å²) >= 11 is 0. The maximum atomic E-state index is 11.7. The molecule has 5 heteroatoms. The highest BCUT2D eigenvalue weighted by molar-refractivity contribution is 6.06. The van der Waals surface area contributed by atoms with Gasteiger partial charge in [0.05, 0.1) is 12.5 Å². The molecule has 3 rings (SSSR count). The molecule has 0 saturated carbocycles. The Hall–Kier alpha value is -3.08. The highest BCUT2D eigenvalue weighted by Crippen LogP contribution is 2.16. The van der Waals surface area contributed by atoms with Crippen molar-refractivity contribution in [1.29, 1.82) is 5.41 Å². The van der Waals surface area contributed by atoms with Crippen molar-refractivity contribution in [3.8, 4) is 0 Å². The van der Waals surface area contributed by atoms with Crippen LogP contribution in [0.3, 0.4) is 0 Å². The number of hydrogen-bond acceptors (Lipinski definition) is 4. The van der Waals surface area contributed by atoms with Crippen LogP contribution in [0.25, 0.3) is 10.8 Å². The second-order valence-corrected chi connectivity index (χ2v) is 4.78. The fourth-order valence-electron chi connectivity index (χ4n) is 2.05. The van der Waals surface area contributed by atoms with Crippen LogP contribution in [0.5, 0.6) is 0 Å². The molecule has 0 aliphatic rings. The van der Waals surface area contributed by atoms with Gasteiger partial charge in [0.25, 0.3) is 0 Å². The number of carbonyl (C=O) groups is 1. The molecule has 1 amide bonds. The number of benzene rings is 2. The molecule has 0 bridgehead atoms. The summed E-state index contributed by atoms with van der Waals surface area (Å²) in [7, 11) is 0. The van der Waals surface area contributed by atoms with Crippen LogP contribution in [0, 0.1) is 5.41 Å². The lowest BCUT2D eigenvalue weighted by Gasteiger charge is -2.08. The van der Waals surface area contributed by atoms with E-state index in [0.717, 1.165) is 16.3 Å². The zero-order valence-corrected chi connectivity index (χ0v) is 11.7. The van der Waals surface area contributed by atoms with E-state index in [-0.39, 0.29) is 12.4 Å². The Morgan fingerprint density at radius 3 is 2.68 bits per heavy atom. The van der Waals surface area contributed by atoms with Crippen LogP contribution < -0.4 is 5.32 Å². The quantitative estimate of drug-likeness (QED) is 0.571. The van der Waals surface area contributed by atoms with Crippen LogP contribution >= 0.6 is 0 Å². The number of amides is 1. The smallest absolute Gasteiger partial charge is 0.413 e. The first kappa shape index (κ1) is 13.9. The summed E-state index contributed by atoms with van der Waals surface area (Å²) in [6, 6.07) is 14.7. The summed E-state index contributed by atoms with van der Waals surface area (Å²) in [5, 5.41) is 12.2. The largest absolute Gasteiger partial charge is 0.471 e. The van der Waals surface area contributed by atoms with Gasteiger partial charge in [0, 0.05) is 16.3 Å². The number of carbonyl (C=O) groups excluding carboxylic acids is 1. The number of furan rings is 1. The lowest BCUT2D eigenvalue weighted by molar-refractivity contribution is 0.145. The van der Waals surface area contributed by atoms with Crippen LogP contribution in [-0.4, -0.2) is 11.9 Å². The maximum absolute atomic E-state index is 11.7. The van der Waals surface area contributed by atoms with Crippen molar-refractivity contribution in [3.05, 3.63) is 72.2 Å². The van der Waals surface area contributed by atoms with E-state index in [9.17, 15) is 4.79 Å².